The van der Waals surface area contributed by atoms with E-state index < -0.39 is 0 Å². The lowest BCUT2D eigenvalue weighted by atomic mass is 10.2. The van der Waals surface area contributed by atoms with Gasteiger partial charge >= 0.3 is 0 Å². The second-order valence-electron chi connectivity index (χ2n) is 6.34. The van der Waals surface area contributed by atoms with Crippen LogP contribution in [0.25, 0.3) is 0 Å². The van der Waals surface area contributed by atoms with Gasteiger partial charge in [-0.2, -0.15) is 0 Å². The number of hydrogen-bond donors (Lipinski definition) is 1. The van der Waals surface area contributed by atoms with Crippen molar-refractivity contribution in [2.75, 3.05) is 11.1 Å². The fourth-order valence-electron chi connectivity index (χ4n) is 2.65. The van der Waals surface area contributed by atoms with E-state index >= 15 is 0 Å². The number of para-hydroxylation sites is 1. The van der Waals surface area contributed by atoms with Gasteiger partial charge in [-0.3, -0.25) is 4.79 Å². The average Bonchev–Trinajstić information content (AvgIpc) is 3.06. The first kappa shape index (κ1) is 21.5. The molecule has 0 aliphatic rings. The van der Waals surface area contributed by atoms with Gasteiger partial charge in [-0.1, -0.05) is 53.2 Å². The van der Waals surface area contributed by atoms with Crippen LogP contribution in [-0.4, -0.2) is 26.4 Å². The maximum atomic E-state index is 12.3. The van der Waals surface area contributed by atoms with Crippen LogP contribution in [0.5, 0.6) is 5.75 Å². The lowest BCUT2D eigenvalue weighted by Gasteiger charge is -2.15. The van der Waals surface area contributed by atoms with E-state index in [-0.39, 0.29) is 17.8 Å². The Morgan fingerprint density at radius 2 is 1.90 bits per heavy atom. The average molecular weight is 451 g/mol. The molecule has 0 spiro atoms. The van der Waals surface area contributed by atoms with E-state index in [1.807, 2.05) is 43.7 Å². The number of nitrogens with zero attached hydrogens (tertiary/aromatic N) is 3. The van der Waals surface area contributed by atoms with Crippen molar-refractivity contribution in [1.82, 2.24) is 14.8 Å². The fourth-order valence-corrected chi connectivity index (χ4v) is 3.72. The fraction of sp³-hybridized carbons (Fsp3) is 0.250. The van der Waals surface area contributed by atoms with Crippen LogP contribution in [-0.2, 0) is 11.8 Å². The molecule has 0 fully saturated rings. The van der Waals surface area contributed by atoms with Crippen LogP contribution < -0.4 is 10.1 Å². The molecule has 0 radical (unpaired) electrons. The molecular formula is C20H20Cl2N4O2S. The second kappa shape index (κ2) is 9.52. The van der Waals surface area contributed by atoms with Crippen molar-refractivity contribution in [2.24, 2.45) is 7.05 Å². The van der Waals surface area contributed by atoms with E-state index in [1.54, 1.807) is 24.3 Å². The quantitative estimate of drug-likeness (QED) is 0.494. The summed E-state index contributed by atoms with van der Waals surface area (Å²) in [4.78, 5) is 12.3. The molecule has 0 aliphatic heterocycles. The molecule has 152 valence electrons. The van der Waals surface area contributed by atoms with Crippen molar-refractivity contribution < 1.29 is 9.53 Å². The Kier molecular flexibility index (Phi) is 7.05. The lowest BCUT2D eigenvalue weighted by Crippen LogP contribution is -2.15. The summed E-state index contributed by atoms with van der Waals surface area (Å²) in [5, 5.41) is 13.0. The SMILES string of the molecule is Cc1c(Cl)cccc1NC(=O)CSc1nnc([C@@H](C)Oc2ccccc2Cl)n1C. The molecule has 3 aromatic rings. The summed E-state index contributed by atoms with van der Waals surface area (Å²) in [6, 6.07) is 12.7. The molecule has 6 nitrogen and oxygen atoms in total. The zero-order valence-corrected chi connectivity index (χ0v) is 18.5. The first-order valence-corrected chi connectivity index (χ1v) is 10.6. The number of ether oxygens (including phenoxy) is 1. The highest BCUT2D eigenvalue weighted by Crippen LogP contribution is 2.29. The molecular weight excluding hydrogens is 431 g/mol. The van der Waals surface area contributed by atoms with Crippen LogP contribution in [0, 0.1) is 6.92 Å². The number of hydrogen-bond acceptors (Lipinski definition) is 5. The van der Waals surface area contributed by atoms with Crippen LogP contribution in [0.1, 0.15) is 24.4 Å². The van der Waals surface area contributed by atoms with E-state index in [9.17, 15) is 4.79 Å². The van der Waals surface area contributed by atoms with Crippen LogP contribution in [0.15, 0.2) is 47.6 Å². The van der Waals surface area contributed by atoms with Gasteiger partial charge < -0.3 is 14.6 Å². The smallest absolute Gasteiger partial charge is 0.234 e. The van der Waals surface area contributed by atoms with Crippen LogP contribution in [0.4, 0.5) is 5.69 Å². The van der Waals surface area contributed by atoms with Gasteiger partial charge in [0, 0.05) is 17.8 Å². The Hall–Kier alpha value is -2.22. The molecule has 0 bridgehead atoms. The first-order valence-electron chi connectivity index (χ1n) is 8.85. The second-order valence-corrected chi connectivity index (χ2v) is 8.10. The molecule has 1 aromatic heterocycles. The van der Waals surface area contributed by atoms with Gasteiger partial charge in [0.1, 0.15) is 5.75 Å². The molecule has 2 aromatic carbocycles. The summed E-state index contributed by atoms with van der Waals surface area (Å²) in [5.41, 5.74) is 1.53. The summed E-state index contributed by atoms with van der Waals surface area (Å²) in [6.45, 7) is 3.73. The van der Waals surface area contributed by atoms with Gasteiger partial charge in [0.2, 0.25) is 5.91 Å². The third-order valence-corrected chi connectivity index (χ3v) is 5.99. The number of aromatic nitrogens is 3. The maximum Gasteiger partial charge on any atom is 0.234 e. The van der Waals surface area contributed by atoms with Crippen LogP contribution in [0.2, 0.25) is 10.0 Å². The Labute approximate surface area is 183 Å². The predicted octanol–water partition coefficient (Wildman–Crippen LogP) is 5.30. The van der Waals surface area contributed by atoms with Gasteiger partial charge in [-0.25, -0.2) is 0 Å². The van der Waals surface area contributed by atoms with Crippen LogP contribution in [0.3, 0.4) is 0 Å². The Morgan fingerprint density at radius 3 is 2.66 bits per heavy atom. The molecule has 0 unspecified atom stereocenters. The highest BCUT2D eigenvalue weighted by atomic mass is 35.5. The van der Waals surface area contributed by atoms with Crippen molar-refractivity contribution in [2.45, 2.75) is 25.1 Å². The predicted molar refractivity (Wildman–Crippen MR) is 117 cm³/mol. The highest BCUT2D eigenvalue weighted by molar-refractivity contribution is 7.99. The maximum absolute atomic E-state index is 12.3. The van der Waals surface area contributed by atoms with Gasteiger partial charge in [-0.05, 0) is 43.7 Å². The van der Waals surface area contributed by atoms with E-state index in [4.69, 9.17) is 27.9 Å². The molecule has 0 aliphatic carbocycles. The minimum atomic E-state index is -0.357. The number of carbonyl (C=O) groups is 1. The number of carbonyl (C=O) groups excluding carboxylic acids is 1. The number of halogens is 2. The molecule has 0 saturated heterocycles. The van der Waals surface area contributed by atoms with Gasteiger partial charge in [0.25, 0.3) is 0 Å². The van der Waals surface area contributed by atoms with Crippen molar-refractivity contribution in [3.05, 3.63) is 63.9 Å². The molecule has 0 saturated carbocycles. The van der Waals surface area contributed by atoms with Crippen molar-refractivity contribution >= 4 is 46.6 Å². The normalized spacial score (nSPS) is 11.9. The van der Waals surface area contributed by atoms with Crippen molar-refractivity contribution in [3.63, 3.8) is 0 Å². The molecule has 1 amide bonds. The minimum absolute atomic E-state index is 0.148. The summed E-state index contributed by atoms with van der Waals surface area (Å²) < 4.78 is 7.71. The van der Waals surface area contributed by atoms with Crippen molar-refractivity contribution in [1.29, 1.82) is 0 Å². The van der Waals surface area contributed by atoms with Crippen molar-refractivity contribution in [3.8, 4) is 5.75 Å². The molecule has 1 heterocycles. The Balaban J connectivity index is 1.61. The van der Waals surface area contributed by atoms with Crippen LogP contribution >= 0.6 is 35.0 Å². The number of anilines is 1. The number of rotatable bonds is 7. The van der Waals surface area contributed by atoms with E-state index in [0.29, 0.717) is 32.5 Å². The van der Waals surface area contributed by atoms with Gasteiger partial charge in [0.15, 0.2) is 17.1 Å². The summed E-state index contributed by atoms with van der Waals surface area (Å²) in [7, 11) is 1.84. The standard InChI is InChI=1S/C20H20Cl2N4O2S/c1-12-14(21)8-6-9-16(12)23-18(27)11-29-20-25-24-19(26(20)3)13(2)28-17-10-5-4-7-15(17)22/h4-10,13H,11H2,1-3H3,(H,23,27)/t13-/m1/s1. The Morgan fingerprint density at radius 1 is 1.17 bits per heavy atom. The molecule has 29 heavy (non-hydrogen) atoms. The summed E-state index contributed by atoms with van der Waals surface area (Å²) >= 11 is 13.5. The minimum Gasteiger partial charge on any atom is -0.481 e. The molecule has 9 heteroatoms. The highest BCUT2D eigenvalue weighted by Gasteiger charge is 2.19. The topological polar surface area (TPSA) is 69.0 Å². The molecule has 3 rings (SSSR count). The largest absolute Gasteiger partial charge is 0.481 e. The summed E-state index contributed by atoms with van der Waals surface area (Å²) in [6.07, 6.45) is -0.357. The van der Waals surface area contributed by atoms with Gasteiger partial charge in [0.05, 0.1) is 10.8 Å². The van der Waals surface area contributed by atoms with E-state index in [0.717, 1.165) is 5.56 Å². The monoisotopic (exact) mass is 450 g/mol. The third kappa shape index (κ3) is 5.23. The number of amides is 1. The van der Waals surface area contributed by atoms with E-state index in [1.165, 1.54) is 11.8 Å². The first-order chi connectivity index (χ1) is 13.9. The number of nitrogens with one attached hydrogen (secondary N) is 1. The Bertz CT molecular complexity index is 1030. The molecule has 1 atom stereocenters. The number of thioether (sulfide) groups is 1. The zero-order valence-electron chi connectivity index (χ0n) is 16.1. The molecule has 1 N–H and O–H groups in total. The lowest BCUT2D eigenvalue weighted by molar-refractivity contribution is -0.113. The summed E-state index contributed by atoms with van der Waals surface area (Å²) in [5.74, 6) is 1.26. The van der Waals surface area contributed by atoms with Gasteiger partial charge in [-0.15, -0.1) is 10.2 Å². The van der Waals surface area contributed by atoms with E-state index in [2.05, 4.69) is 15.5 Å². The zero-order chi connectivity index (χ0) is 21.0. The third-order valence-electron chi connectivity index (χ3n) is 4.25. The number of benzene rings is 2.